The number of hydrogen-bond donors (Lipinski definition) is 2. The van der Waals surface area contributed by atoms with E-state index in [1.807, 2.05) is 0 Å². The van der Waals surface area contributed by atoms with E-state index in [-0.39, 0.29) is 17.7 Å². The molecule has 0 unspecified atom stereocenters. The van der Waals surface area contributed by atoms with Crippen LogP contribution in [0.25, 0.3) is 0 Å². The molecule has 1 heterocycles. The van der Waals surface area contributed by atoms with Crippen molar-refractivity contribution in [3.63, 3.8) is 0 Å². The standard InChI is InChI=1S/C12H11F2NO3S/c13-7-2-1-6(8(14)4-7)3-10-11(16)15-9(5-19-10)12(17)18/h1-2,4,9-10H,3,5H2,(H,15,16)(H,17,18)/t9-,10-/m1/s1. The summed E-state index contributed by atoms with van der Waals surface area (Å²) in [5.41, 5.74) is 0.239. The first-order chi connectivity index (χ1) is 8.97. The van der Waals surface area contributed by atoms with Gasteiger partial charge in [0.15, 0.2) is 0 Å². The van der Waals surface area contributed by atoms with E-state index in [4.69, 9.17) is 5.11 Å². The Balaban J connectivity index is 2.04. The molecule has 1 aromatic carbocycles. The van der Waals surface area contributed by atoms with Crippen LogP contribution in [0.15, 0.2) is 18.2 Å². The van der Waals surface area contributed by atoms with E-state index in [1.165, 1.54) is 6.07 Å². The predicted octanol–water partition coefficient (Wildman–Crippen LogP) is 1.19. The Morgan fingerprint density at radius 1 is 1.47 bits per heavy atom. The van der Waals surface area contributed by atoms with Gasteiger partial charge in [-0.15, -0.1) is 11.8 Å². The Kier molecular flexibility index (Phi) is 4.04. The fourth-order valence-corrected chi connectivity index (χ4v) is 2.93. The first-order valence-electron chi connectivity index (χ1n) is 5.56. The number of halogens is 2. The second kappa shape index (κ2) is 5.56. The minimum absolute atomic E-state index is 0.106. The molecule has 1 fully saturated rings. The van der Waals surface area contributed by atoms with Crippen LogP contribution in [-0.4, -0.2) is 34.0 Å². The quantitative estimate of drug-likeness (QED) is 0.876. The molecule has 0 radical (unpaired) electrons. The molecule has 0 saturated carbocycles. The molecule has 1 aliphatic rings. The van der Waals surface area contributed by atoms with Gasteiger partial charge in [-0.2, -0.15) is 0 Å². The van der Waals surface area contributed by atoms with Crippen LogP contribution in [0.2, 0.25) is 0 Å². The molecule has 7 heteroatoms. The first kappa shape index (κ1) is 13.8. The third-order valence-corrected chi connectivity index (χ3v) is 4.10. The number of carbonyl (C=O) groups is 2. The van der Waals surface area contributed by atoms with Crippen LogP contribution in [0.3, 0.4) is 0 Å². The van der Waals surface area contributed by atoms with E-state index in [1.54, 1.807) is 0 Å². The number of amides is 1. The van der Waals surface area contributed by atoms with Gasteiger partial charge in [0, 0.05) is 11.8 Å². The van der Waals surface area contributed by atoms with Crippen LogP contribution in [0.1, 0.15) is 5.56 Å². The Morgan fingerprint density at radius 2 is 2.21 bits per heavy atom. The molecule has 19 heavy (non-hydrogen) atoms. The molecule has 1 aromatic rings. The lowest BCUT2D eigenvalue weighted by molar-refractivity contribution is -0.141. The Morgan fingerprint density at radius 3 is 2.79 bits per heavy atom. The van der Waals surface area contributed by atoms with Gasteiger partial charge in [-0.25, -0.2) is 13.6 Å². The van der Waals surface area contributed by atoms with Crippen molar-refractivity contribution in [2.45, 2.75) is 17.7 Å². The maximum Gasteiger partial charge on any atom is 0.327 e. The van der Waals surface area contributed by atoms with Crippen molar-refractivity contribution in [2.75, 3.05) is 5.75 Å². The zero-order valence-corrected chi connectivity index (χ0v) is 10.5. The van der Waals surface area contributed by atoms with Crippen molar-refractivity contribution in [3.8, 4) is 0 Å². The summed E-state index contributed by atoms with van der Waals surface area (Å²) >= 11 is 1.16. The zero-order chi connectivity index (χ0) is 14.0. The van der Waals surface area contributed by atoms with Gasteiger partial charge in [0.05, 0.1) is 5.25 Å². The number of carbonyl (C=O) groups excluding carboxylic acids is 1. The molecule has 2 N–H and O–H groups in total. The van der Waals surface area contributed by atoms with Crippen molar-refractivity contribution in [1.29, 1.82) is 0 Å². The summed E-state index contributed by atoms with van der Waals surface area (Å²) in [5.74, 6) is -2.67. The van der Waals surface area contributed by atoms with Crippen LogP contribution >= 0.6 is 11.8 Å². The molecule has 2 atom stereocenters. The summed E-state index contributed by atoms with van der Waals surface area (Å²) in [6, 6.07) is 2.28. The van der Waals surface area contributed by atoms with E-state index < -0.39 is 34.8 Å². The molecule has 1 amide bonds. The maximum absolute atomic E-state index is 13.5. The Hall–Kier alpha value is -1.63. The highest BCUT2D eigenvalue weighted by atomic mass is 32.2. The number of rotatable bonds is 3. The molecular weight excluding hydrogens is 276 g/mol. The van der Waals surface area contributed by atoms with E-state index in [9.17, 15) is 18.4 Å². The number of thioether (sulfide) groups is 1. The SMILES string of the molecule is O=C(O)[C@H]1CS[C@H](Cc2ccc(F)cc2F)C(=O)N1. The highest BCUT2D eigenvalue weighted by Gasteiger charge is 2.32. The van der Waals surface area contributed by atoms with Crippen molar-refractivity contribution in [2.24, 2.45) is 0 Å². The minimum atomic E-state index is -1.09. The molecule has 0 spiro atoms. The lowest BCUT2D eigenvalue weighted by atomic mass is 10.1. The van der Waals surface area contributed by atoms with Gasteiger partial charge in [-0.05, 0) is 18.1 Å². The Labute approximate surface area is 112 Å². The molecule has 4 nitrogen and oxygen atoms in total. The fraction of sp³-hybridized carbons (Fsp3) is 0.333. The molecule has 0 aliphatic carbocycles. The summed E-state index contributed by atoms with van der Waals surface area (Å²) < 4.78 is 26.2. The van der Waals surface area contributed by atoms with E-state index in [0.717, 1.165) is 23.9 Å². The molecule has 0 aromatic heterocycles. The van der Waals surface area contributed by atoms with Gasteiger partial charge in [0.1, 0.15) is 17.7 Å². The van der Waals surface area contributed by atoms with E-state index in [0.29, 0.717) is 0 Å². The van der Waals surface area contributed by atoms with Crippen molar-refractivity contribution < 1.29 is 23.5 Å². The number of benzene rings is 1. The average Bonchev–Trinajstić information content (AvgIpc) is 2.34. The van der Waals surface area contributed by atoms with Crippen LogP contribution in [0.4, 0.5) is 8.78 Å². The molecule has 1 aliphatic heterocycles. The Bertz CT molecular complexity index is 524. The van der Waals surface area contributed by atoms with Gasteiger partial charge < -0.3 is 10.4 Å². The lowest BCUT2D eigenvalue weighted by Gasteiger charge is -2.26. The molecular formula is C12H11F2NO3S. The van der Waals surface area contributed by atoms with Gasteiger partial charge in [-0.1, -0.05) is 6.07 Å². The topological polar surface area (TPSA) is 66.4 Å². The number of aliphatic carboxylic acids is 1. The van der Waals surface area contributed by atoms with Gasteiger partial charge in [0.2, 0.25) is 5.91 Å². The minimum Gasteiger partial charge on any atom is -0.480 e. The highest BCUT2D eigenvalue weighted by molar-refractivity contribution is 8.00. The predicted molar refractivity (Wildman–Crippen MR) is 65.9 cm³/mol. The van der Waals surface area contributed by atoms with Crippen LogP contribution in [0, 0.1) is 11.6 Å². The third kappa shape index (κ3) is 3.23. The first-order valence-corrected chi connectivity index (χ1v) is 6.61. The smallest absolute Gasteiger partial charge is 0.327 e. The molecule has 1 saturated heterocycles. The summed E-state index contributed by atoms with van der Waals surface area (Å²) in [7, 11) is 0. The second-order valence-electron chi connectivity index (χ2n) is 4.16. The summed E-state index contributed by atoms with van der Waals surface area (Å²) in [6.45, 7) is 0. The van der Waals surface area contributed by atoms with Crippen molar-refractivity contribution in [3.05, 3.63) is 35.4 Å². The normalized spacial score (nSPS) is 22.9. The van der Waals surface area contributed by atoms with Gasteiger partial charge >= 0.3 is 5.97 Å². The largest absolute Gasteiger partial charge is 0.480 e. The van der Waals surface area contributed by atoms with Crippen LogP contribution in [-0.2, 0) is 16.0 Å². The highest BCUT2D eigenvalue weighted by Crippen LogP contribution is 2.23. The third-order valence-electron chi connectivity index (χ3n) is 2.79. The zero-order valence-electron chi connectivity index (χ0n) is 9.73. The molecule has 102 valence electrons. The van der Waals surface area contributed by atoms with Crippen molar-refractivity contribution >= 4 is 23.6 Å². The van der Waals surface area contributed by atoms with E-state index in [2.05, 4.69) is 5.32 Å². The molecule has 2 rings (SSSR count). The van der Waals surface area contributed by atoms with Crippen molar-refractivity contribution in [1.82, 2.24) is 5.32 Å². The molecule has 0 bridgehead atoms. The number of nitrogens with one attached hydrogen (secondary N) is 1. The van der Waals surface area contributed by atoms with E-state index >= 15 is 0 Å². The van der Waals surface area contributed by atoms with Gasteiger partial charge in [0.25, 0.3) is 0 Å². The number of hydrogen-bond acceptors (Lipinski definition) is 3. The number of carboxylic acids is 1. The second-order valence-corrected chi connectivity index (χ2v) is 5.40. The van der Waals surface area contributed by atoms with Crippen LogP contribution in [0.5, 0.6) is 0 Å². The average molecular weight is 287 g/mol. The maximum atomic E-state index is 13.5. The summed E-state index contributed by atoms with van der Waals surface area (Å²) in [4.78, 5) is 22.4. The fourth-order valence-electron chi connectivity index (χ4n) is 1.77. The summed E-state index contributed by atoms with van der Waals surface area (Å²) in [5, 5.41) is 10.6. The lowest BCUT2D eigenvalue weighted by Crippen LogP contribution is -2.51. The summed E-state index contributed by atoms with van der Waals surface area (Å²) in [6.07, 6.45) is 0.106. The monoisotopic (exact) mass is 287 g/mol. The van der Waals surface area contributed by atoms with Crippen LogP contribution < -0.4 is 5.32 Å². The van der Waals surface area contributed by atoms with Gasteiger partial charge in [-0.3, -0.25) is 4.79 Å². The number of carboxylic acid groups (broad SMARTS) is 1.